The first-order chi connectivity index (χ1) is 14.2. The molecule has 3 heteroatoms. The van der Waals surface area contributed by atoms with E-state index < -0.39 is 0 Å². The molecule has 4 rings (SSSR count). The van der Waals surface area contributed by atoms with Gasteiger partial charge in [0.15, 0.2) is 5.78 Å². The molecule has 0 heterocycles. The number of carbonyl (C=O) groups excluding carboxylic acids is 1. The van der Waals surface area contributed by atoms with Gasteiger partial charge in [-0.05, 0) is 59.2 Å². The molecular weight excluding hydrogens is 361 g/mol. The van der Waals surface area contributed by atoms with E-state index in [0.29, 0.717) is 17.7 Å². The standard InChI is InChI=1S/C26H20FNO/c27-24-13-9-20(10-14-24)23-8-4-5-19(17-23)18-28-25-15-11-22(12-16-25)26(29)21-6-2-1-3-7-21/h1-17,28H,18H2. The summed E-state index contributed by atoms with van der Waals surface area (Å²) in [6.07, 6.45) is 0. The molecule has 0 atom stereocenters. The van der Waals surface area contributed by atoms with E-state index in [1.807, 2.05) is 72.8 Å². The van der Waals surface area contributed by atoms with Gasteiger partial charge >= 0.3 is 0 Å². The fourth-order valence-electron chi connectivity index (χ4n) is 3.20. The zero-order valence-electron chi connectivity index (χ0n) is 15.8. The largest absolute Gasteiger partial charge is 0.381 e. The van der Waals surface area contributed by atoms with Crippen molar-refractivity contribution < 1.29 is 9.18 Å². The fraction of sp³-hybridized carbons (Fsp3) is 0.0385. The van der Waals surface area contributed by atoms with Crippen molar-refractivity contribution >= 4 is 11.5 Å². The molecule has 0 fully saturated rings. The van der Waals surface area contributed by atoms with Gasteiger partial charge in [0.05, 0.1) is 0 Å². The molecular formula is C26H20FNO. The van der Waals surface area contributed by atoms with Crippen molar-refractivity contribution in [3.63, 3.8) is 0 Å². The van der Waals surface area contributed by atoms with E-state index in [0.717, 1.165) is 22.4 Å². The second kappa shape index (κ2) is 8.53. The predicted octanol–water partition coefficient (Wildman–Crippen LogP) is 6.34. The molecule has 4 aromatic carbocycles. The van der Waals surface area contributed by atoms with Crippen LogP contribution in [0.3, 0.4) is 0 Å². The van der Waals surface area contributed by atoms with Crippen molar-refractivity contribution in [3.8, 4) is 11.1 Å². The maximum absolute atomic E-state index is 13.1. The highest BCUT2D eigenvalue weighted by atomic mass is 19.1. The van der Waals surface area contributed by atoms with E-state index in [2.05, 4.69) is 11.4 Å². The number of halogens is 1. The Morgan fingerprint density at radius 3 is 2.10 bits per heavy atom. The van der Waals surface area contributed by atoms with Crippen molar-refractivity contribution in [2.45, 2.75) is 6.54 Å². The third-order valence-electron chi connectivity index (χ3n) is 4.78. The molecule has 0 aromatic heterocycles. The maximum atomic E-state index is 13.1. The number of anilines is 1. The van der Waals surface area contributed by atoms with Crippen molar-refractivity contribution in [1.29, 1.82) is 0 Å². The van der Waals surface area contributed by atoms with Crippen LogP contribution in [0.1, 0.15) is 21.5 Å². The SMILES string of the molecule is O=C(c1ccccc1)c1ccc(NCc2cccc(-c3ccc(F)cc3)c2)cc1. The lowest BCUT2D eigenvalue weighted by Crippen LogP contribution is -2.02. The molecule has 0 aliphatic rings. The summed E-state index contributed by atoms with van der Waals surface area (Å²) in [6, 6.07) is 31.4. The highest BCUT2D eigenvalue weighted by molar-refractivity contribution is 6.09. The van der Waals surface area contributed by atoms with E-state index in [1.54, 1.807) is 12.1 Å². The minimum absolute atomic E-state index is 0.0177. The second-order valence-electron chi connectivity index (χ2n) is 6.83. The molecule has 0 spiro atoms. The summed E-state index contributed by atoms with van der Waals surface area (Å²) in [4.78, 5) is 12.5. The van der Waals surface area contributed by atoms with Crippen LogP contribution in [0.15, 0.2) is 103 Å². The average molecular weight is 381 g/mol. The van der Waals surface area contributed by atoms with Crippen LogP contribution in [-0.4, -0.2) is 5.78 Å². The van der Waals surface area contributed by atoms with Gasteiger partial charge in [-0.2, -0.15) is 0 Å². The quantitative estimate of drug-likeness (QED) is 0.395. The van der Waals surface area contributed by atoms with Crippen LogP contribution in [0.2, 0.25) is 0 Å². The van der Waals surface area contributed by atoms with Gasteiger partial charge in [-0.25, -0.2) is 4.39 Å². The first kappa shape index (κ1) is 18.6. The Labute approximate surface area is 169 Å². The average Bonchev–Trinajstić information content (AvgIpc) is 2.79. The highest BCUT2D eigenvalue weighted by Crippen LogP contribution is 2.21. The maximum Gasteiger partial charge on any atom is 0.193 e. The molecule has 0 saturated heterocycles. The normalized spacial score (nSPS) is 10.5. The molecule has 0 aliphatic carbocycles. The van der Waals surface area contributed by atoms with Crippen molar-refractivity contribution in [3.05, 3.63) is 126 Å². The van der Waals surface area contributed by atoms with Crippen LogP contribution in [0.5, 0.6) is 0 Å². The Hall–Kier alpha value is -3.72. The third-order valence-corrected chi connectivity index (χ3v) is 4.78. The van der Waals surface area contributed by atoms with Crippen LogP contribution >= 0.6 is 0 Å². The summed E-state index contributed by atoms with van der Waals surface area (Å²) >= 11 is 0. The number of hydrogen-bond acceptors (Lipinski definition) is 2. The highest BCUT2D eigenvalue weighted by Gasteiger charge is 2.08. The van der Waals surface area contributed by atoms with E-state index in [4.69, 9.17) is 0 Å². The number of benzene rings is 4. The first-order valence-electron chi connectivity index (χ1n) is 9.47. The van der Waals surface area contributed by atoms with Crippen LogP contribution < -0.4 is 5.32 Å². The van der Waals surface area contributed by atoms with Gasteiger partial charge in [0.2, 0.25) is 0 Å². The Morgan fingerprint density at radius 2 is 1.38 bits per heavy atom. The topological polar surface area (TPSA) is 29.1 Å². The molecule has 0 amide bonds. The third kappa shape index (κ3) is 4.58. The first-order valence-corrected chi connectivity index (χ1v) is 9.47. The van der Waals surface area contributed by atoms with Crippen molar-refractivity contribution in [2.24, 2.45) is 0 Å². The Balaban J connectivity index is 1.42. The predicted molar refractivity (Wildman–Crippen MR) is 115 cm³/mol. The molecule has 142 valence electrons. The lowest BCUT2D eigenvalue weighted by Gasteiger charge is -2.09. The monoisotopic (exact) mass is 381 g/mol. The van der Waals surface area contributed by atoms with Gasteiger partial charge in [0.25, 0.3) is 0 Å². The minimum atomic E-state index is -0.235. The summed E-state index contributed by atoms with van der Waals surface area (Å²) in [5.74, 6) is -0.218. The molecule has 0 radical (unpaired) electrons. The van der Waals surface area contributed by atoms with Gasteiger partial charge in [-0.15, -0.1) is 0 Å². The number of ketones is 1. The lowest BCUT2D eigenvalue weighted by atomic mass is 10.0. The number of nitrogens with one attached hydrogen (secondary N) is 1. The Kier molecular flexibility index (Phi) is 5.48. The van der Waals surface area contributed by atoms with E-state index in [-0.39, 0.29) is 11.6 Å². The number of rotatable bonds is 6. The Bertz CT molecular complexity index is 1100. The number of hydrogen-bond donors (Lipinski definition) is 1. The van der Waals surface area contributed by atoms with Crippen LogP contribution in [0.4, 0.5) is 10.1 Å². The van der Waals surface area contributed by atoms with E-state index >= 15 is 0 Å². The molecule has 2 nitrogen and oxygen atoms in total. The number of carbonyl (C=O) groups is 1. The molecule has 29 heavy (non-hydrogen) atoms. The van der Waals surface area contributed by atoms with Gasteiger partial charge in [-0.1, -0.05) is 60.7 Å². The molecule has 1 N–H and O–H groups in total. The van der Waals surface area contributed by atoms with E-state index in [1.165, 1.54) is 12.1 Å². The molecule has 0 aliphatic heterocycles. The lowest BCUT2D eigenvalue weighted by molar-refractivity contribution is 0.103. The Morgan fingerprint density at radius 1 is 0.690 bits per heavy atom. The van der Waals surface area contributed by atoms with Crippen LogP contribution in [0, 0.1) is 5.82 Å². The van der Waals surface area contributed by atoms with Gasteiger partial charge < -0.3 is 5.32 Å². The summed E-state index contributed by atoms with van der Waals surface area (Å²) in [6.45, 7) is 0.654. The van der Waals surface area contributed by atoms with Crippen molar-refractivity contribution in [2.75, 3.05) is 5.32 Å². The zero-order chi connectivity index (χ0) is 20.1. The van der Waals surface area contributed by atoms with Gasteiger partial charge in [-0.3, -0.25) is 4.79 Å². The minimum Gasteiger partial charge on any atom is -0.381 e. The summed E-state index contributed by atoms with van der Waals surface area (Å²) in [5.41, 5.74) is 5.45. The fourth-order valence-corrected chi connectivity index (χ4v) is 3.20. The van der Waals surface area contributed by atoms with Crippen LogP contribution in [-0.2, 0) is 6.54 Å². The molecule has 0 bridgehead atoms. The summed E-state index contributed by atoms with van der Waals surface area (Å²) in [7, 11) is 0. The van der Waals surface area contributed by atoms with Gasteiger partial charge in [0.1, 0.15) is 5.82 Å². The zero-order valence-corrected chi connectivity index (χ0v) is 15.8. The summed E-state index contributed by atoms with van der Waals surface area (Å²) in [5, 5.41) is 3.38. The van der Waals surface area contributed by atoms with E-state index in [9.17, 15) is 9.18 Å². The summed E-state index contributed by atoms with van der Waals surface area (Å²) < 4.78 is 13.1. The molecule has 0 saturated carbocycles. The second-order valence-corrected chi connectivity index (χ2v) is 6.83. The molecule has 0 unspecified atom stereocenters. The van der Waals surface area contributed by atoms with Crippen LogP contribution in [0.25, 0.3) is 11.1 Å². The van der Waals surface area contributed by atoms with Gasteiger partial charge in [0, 0.05) is 23.4 Å². The molecule has 4 aromatic rings. The smallest absolute Gasteiger partial charge is 0.193 e. The van der Waals surface area contributed by atoms with Crippen molar-refractivity contribution in [1.82, 2.24) is 0 Å².